The van der Waals surface area contributed by atoms with E-state index in [1.54, 1.807) is 13.0 Å². The molecule has 3 aromatic rings. The van der Waals surface area contributed by atoms with E-state index in [1.165, 1.54) is 10.6 Å². The number of hydrogen-bond acceptors (Lipinski definition) is 6. The summed E-state index contributed by atoms with van der Waals surface area (Å²) in [5.41, 5.74) is 2.74. The highest BCUT2D eigenvalue weighted by Gasteiger charge is 2.22. The molecule has 0 aromatic carbocycles. The van der Waals surface area contributed by atoms with E-state index in [2.05, 4.69) is 30.3 Å². The van der Waals surface area contributed by atoms with Gasteiger partial charge in [0.2, 0.25) is 5.91 Å². The number of aromatic nitrogens is 5. The minimum Gasteiger partial charge on any atom is -0.347 e. The summed E-state index contributed by atoms with van der Waals surface area (Å²) in [5, 5.41) is 13.2. The predicted octanol–water partition coefficient (Wildman–Crippen LogP) is 1.08. The predicted molar refractivity (Wildman–Crippen MR) is 89.0 cm³/mol. The Morgan fingerprint density at radius 1 is 1.32 bits per heavy atom. The minimum atomic E-state index is -0.388. The normalized spacial score (nSPS) is 12.7. The molecular weight excluding hydrogens is 324 g/mol. The molecule has 132 valence electrons. The van der Waals surface area contributed by atoms with Gasteiger partial charge in [0.05, 0.1) is 18.2 Å². The molecule has 9 heteroatoms. The maximum absolute atomic E-state index is 12.4. The lowest BCUT2D eigenvalue weighted by Gasteiger charge is -2.21. The number of amides is 1. The van der Waals surface area contributed by atoms with Gasteiger partial charge in [-0.3, -0.25) is 14.7 Å². The highest BCUT2D eigenvalue weighted by atomic mass is 16.6. The molecule has 1 atom stereocenters. The fourth-order valence-electron chi connectivity index (χ4n) is 2.66. The zero-order chi connectivity index (χ0) is 18.1. The number of hydrogen-bond donors (Lipinski definition) is 2. The first-order chi connectivity index (χ1) is 11.8. The summed E-state index contributed by atoms with van der Waals surface area (Å²) in [6.45, 7) is 7.49. The molecule has 1 unspecified atom stereocenters. The second-order valence-electron chi connectivity index (χ2n) is 6.41. The topological polar surface area (TPSA) is 118 Å². The van der Waals surface area contributed by atoms with Crippen molar-refractivity contribution in [2.75, 3.05) is 0 Å². The second kappa shape index (κ2) is 6.50. The lowest BCUT2D eigenvalue weighted by atomic mass is 10.00. The highest BCUT2D eigenvalue weighted by Crippen LogP contribution is 2.20. The van der Waals surface area contributed by atoms with Crippen molar-refractivity contribution >= 4 is 11.6 Å². The monoisotopic (exact) mass is 344 g/mol. The number of aromatic amines is 1. The average molecular weight is 344 g/mol. The van der Waals surface area contributed by atoms with Crippen LogP contribution in [0.25, 0.3) is 5.65 Å². The van der Waals surface area contributed by atoms with Gasteiger partial charge in [0.1, 0.15) is 11.4 Å². The van der Waals surface area contributed by atoms with Crippen LogP contribution in [0.15, 0.2) is 21.6 Å². The van der Waals surface area contributed by atoms with Gasteiger partial charge < -0.3 is 5.32 Å². The molecule has 0 spiro atoms. The van der Waals surface area contributed by atoms with Crippen LogP contribution in [0.3, 0.4) is 0 Å². The van der Waals surface area contributed by atoms with Crippen molar-refractivity contribution in [2.45, 2.75) is 40.2 Å². The number of aryl methyl sites for hydroxylation is 2. The van der Waals surface area contributed by atoms with E-state index in [0.717, 1.165) is 5.69 Å². The van der Waals surface area contributed by atoms with Crippen LogP contribution < -0.4 is 10.9 Å². The quantitative estimate of drug-likeness (QED) is 0.715. The fourth-order valence-corrected chi connectivity index (χ4v) is 2.66. The Balaban J connectivity index is 1.87. The first-order valence-electron chi connectivity index (χ1n) is 8.02. The number of nitrogens with zero attached hydrogens (tertiary/aromatic N) is 4. The SMILES string of the molecule is Cc1cc2nc(C(NC(=O)Cc3nonc3C)C(C)C)cc(=O)n2[nH]1. The van der Waals surface area contributed by atoms with Crippen molar-refractivity contribution in [3.8, 4) is 0 Å². The Morgan fingerprint density at radius 2 is 2.08 bits per heavy atom. The number of rotatable bonds is 5. The van der Waals surface area contributed by atoms with Crippen LogP contribution in [0.5, 0.6) is 0 Å². The van der Waals surface area contributed by atoms with E-state index in [1.807, 2.05) is 20.8 Å². The summed E-state index contributed by atoms with van der Waals surface area (Å²) < 4.78 is 5.99. The number of carbonyl (C=O) groups is 1. The first-order valence-corrected chi connectivity index (χ1v) is 8.02. The van der Waals surface area contributed by atoms with Gasteiger partial charge in [-0.2, -0.15) is 0 Å². The maximum atomic E-state index is 12.4. The van der Waals surface area contributed by atoms with Crippen LogP contribution >= 0.6 is 0 Å². The smallest absolute Gasteiger partial charge is 0.272 e. The number of carbonyl (C=O) groups excluding carboxylic acids is 1. The van der Waals surface area contributed by atoms with Crippen molar-refractivity contribution in [3.05, 3.63) is 45.3 Å². The third-order valence-electron chi connectivity index (χ3n) is 3.97. The molecule has 0 bridgehead atoms. The Bertz CT molecular complexity index is 968. The van der Waals surface area contributed by atoms with Crippen molar-refractivity contribution < 1.29 is 9.42 Å². The van der Waals surface area contributed by atoms with E-state index in [-0.39, 0.29) is 29.8 Å². The molecule has 0 saturated carbocycles. The van der Waals surface area contributed by atoms with E-state index in [4.69, 9.17) is 0 Å². The zero-order valence-electron chi connectivity index (χ0n) is 14.5. The van der Waals surface area contributed by atoms with Crippen molar-refractivity contribution in [1.82, 2.24) is 30.2 Å². The number of H-pyrrole nitrogens is 1. The summed E-state index contributed by atoms with van der Waals surface area (Å²) in [7, 11) is 0. The van der Waals surface area contributed by atoms with Gasteiger partial charge in [-0.1, -0.05) is 24.2 Å². The molecule has 3 heterocycles. The van der Waals surface area contributed by atoms with Crippen LogP contribution in [0.2, 0.25) is 0 Å². The fraction of sp³-hybridized carbons (Fsp3) is 0.438. The Kier molecular flexibility index (Phi) is 4.39. The molecule has 2 N–H and O–H groups in total. The lowest BCUT2D eigenvalue weighted by molar-refractivity contribution is -0.121. The Hall–Kier alpha value is -2.97. The van der Waals surface area contributed by atoms with Gasteiger partial charge in [-0.05, 0) is 19.8 Å². The summed E-state index contributed by atoms with van der Waals surface area (Å²) in [4.78, 5) is 29.2. The maximum Gasteiger partial charge on any atom is 0.272 e. The van der Waals surface area contributed by atoms with Crippen molar-refractivity contribution in [2.24, 2.45) is 5.92 Å². The van der Waals surface area contributed by atoms with Gasteiger partial charge in [0.15, 0.2) is 5.65 Å². The van der Waals surface area contributed by atoms with Crippen LogP contribution in [0, 0.1) is 19.8 Å². The number of nitrogens with one attached hydrogen (secondary N) is 2. The highest BCUT2D eigenvalue weighted by molar-refractivity contribution is 5.78. The van der Waals surface area contributed by atoms with E-state index < -0.39 is 0 Å². The molecule has 3 aromatic heterocycles. The Morgan fingerprint density at radius 3 is 2.72 bits per heavy atom. The van der Waals surface area contributed by atoms with Gasteiger partial charge in [-0.15, -0.1) is 0 Å². The molecule has 0 aliphatic heterocycles. The minimum absolute atomic E-state index is 0.0508. The van der Waals surface area contributed by atoms with Crippen LogP contribution in [0.1, 0.15) is 42.7 Å². The molecule has 25 heavy (non-hydrogen) atoms. The summed E-state index contributed by atoms with van der Waals surface area (Å²) in [6, 6.07) is 2.84. The van der Waals surface area contributed by atoms with Gasteiger partial charge in [0, 0.05) is 17.8 Å². The lowest BCUT2D eigenvalue weighted by Crippen LogP contribution is -2.34. The van der Waals surface area contributed by atoms with Crippen LogP contribution in [0.4, 0.5) is 0 Å². The molecule has 0 aliphatic carbocycles. The molecule has 9 nitrogen and oxygen atoms in total. The third kappa shape index (κ3) is 3.44. The van der Waals surface area contributed by atoms with Gasteiger partial charge in [-0.25, -0.2) is 14.1 Å². The third-order valence-corrected chi connectivity index (χ3v) is 3.97. The summed E-state index contributed by atoms with van der Waals surface area (Å²) >= 11 is 0. The molecule has 0 radical (unpaired) electrons. The average Bonchev–Trinajstić information content (AvgIpc) is 3.10. The van der Waals surface area contributed by atoms with Crippen LogP contribution in [-0.4, -0.2) is 30.8 Å². The van der Waals surface area contributed by atoms with Crippen molar-refractivity contribution in [3.63, 3.8) is 0 Å². The molecule has 0 aliphatic rings. The van der Waals surface area contributed by atoms with E-state index in [9.17, 15) is 9.59 Å². The summed E-state index contributed by atoms with van der Waals surface area (Å²) in [5.74, 6) is -0.181. The standard InChI is InChI=1S/C16H20N6O3/c1-8(2)16(18-14(23)6-11-10(4)20-25-21-11)12-7-15(24)22-13(17-12)5-9(3)19-22/h5,7-8,16,19H,6H2,1-4H3,(H,18,23). The zero-order valence-corrected chi connectivity index (χ0v) is 14.5. The summed E-state index contributed by atoms with van der Waals surface area (Å²) in [6.07, 6.45) is 0.0586. The van der Waals surface area contributed by atoms with Crippen molar-refractivity contribution in [1.29, 1.82) is 0 Å². The van der Waals surface area contributed by atoms with Crippen LogP contribution in [-0.2, 0) is 11.2 Å². The second-order valence-corrected chi connectivity index (χ2v) is 6.41. The molecule has 0 fully saturated rings. The molecular formula is C16H20N6O3. The largest absolute Gasteiger partial charge is 0.347 e. The first kappa shape index (κ1) is 16.9. The molecule has 3 rings (SSSR count). The van der Waals surface area contributed by atoms with Gasteiger partial charge >= 0.3 is 0 Å². The molecule has 0 saturated heterocycles. The molecule has 1 amide bonds. The number of fused-ring (bicyclic) bond motifs is 1. The van der Waals surface area contributed by atoms with E-state index >= 15 is 0 Å². The Labute approximate surface area is 143 Å². The van der Waals surface area contributed by atoms with E-state index in [0.29, 0.717) is 22.7 Å². The van der Waals surface area contributed by atoms with Gasteiger partial charge in [0.25, 0.3) is 5.56 Å².